The lowest BCUT2D eigenvalue weighted by molar-refractivity contribution is -0.143. The van der Waals surface area contributed by atoms with Gasteiger partial charge in [-0.25, -0.2) is 9.78 Å². The number of imidazole rings is 1. The summed E-state index contributed by atoms with van der Waals surface area (Å²) in [7, 11) is 0. The van der Waals surface area contributed by atoms with Crippen molar-refractivity contribution in [2.24, 2.45) is 5.73 Å². The Morgan fingerprint density at radius 3 is 2.40 bits per heavy atom. The molecule has 0 fully saturated rings. The van der Waals surface area contributed by atoms with E-state index in [1.807, 2.05) is 30.5 Å². The summed E-state index contributed by atoms with van der Waals surface area (Å²) in [5.41, 5.74) is 8.44. The fourth-order valence-electron chi connectivity index (χ4n) is 4.15. The summed E-state index contributed by atoms with van der Waals surface area (Å²) in [5, 5.41) is 28.2. The maximum absolute atomic E-state index is 13.2. The Morgan fingerprint density at radius 2 is 1.75 bits per heavy atom. The minimum Gasteiger partial charge on any atom is -0.480 e. The number of benzene rings is 1. The standard InChI is InChI=1S/C26H35N7O6S/c1-14(34)22(25(37)32-21(26(38)39)10-16-12-28-13-30-16)33-24(36)20(7-8-40-2)31-23(35)18(27)9-15-11-29-19-6-4-3-5-17(15)19/h3-6,11-14,18,20-22,29,34H,7-10,27H2,1-2H3,(H,28,30)(H,31,35)(H,32,37)(H,33,36)(H,38,39). The van der Waals surface area contributed by atoms with Crippen LogP contribution in [0.3, 0.4) is 0 Å². The molecule has 14 heteroatoms. The van der Waals surface area contributed by atoms with Crippen LogP contribution >= 0.6 is 11.8 Å². The van der Waals surface area contributed by atoms with Crippen molar-refractivity contribution in [2.45, 2.75) is 56.5 Å². The molecule has 2 aromatic heterocycles. The number of aliphatic hydroxyl groups is 1. The molecular formula is C26H35N7O6S. The molecule has 0 bridgehead atoms. The summed E-state index contributed by atoms with van der Waals surface area (Å²) in [6.45, 7) is 1.29. The number of carbonyl (C=O) groups is 4. The third kappa shape index (κ3) is 8.31. The number of rotatable bonds is 15. The first kappa shape index (κ1) is 30.7. The second-order valence-electron chi connectivity index (χ2n) is 9.42. The van der Waals surface area contributed by atoms with Crippen molar-refractivity contribution in [3.05, 3.63) is 54.2 Å². The highest BCUT2D eigenvalue weighted by molar-refractivity contribution is 7.98. The van der Waals surface area contributed by atoms with Crippen molar-refractivity contribution in [1.29, 1.82) is 0 Å². The van der Waals surface area contributed by atoms with E-state index in [1.54, 1.807) is 6.20 Å². The lowest BCUT2D eigenvalue weighted by Crippen LogP contribution is -2.60. The number of fused-ring (bicyclic) bond motifs is 1. The minimum atomic E-state index is -1.47. The van der Waals surface area contributed by atoms with E-state index < -0.39 is 54.0 Å². The maximum Gasteiger partial charge on any atom is 0.326 e. The van der Waals surface area contributed by atoms with Crippen LogP contribution in [0.25, 0.3) is 10.9 Å². The van der Waals surface area contributed by atoms with Gasteiger partial charge in [-0.05, 0) is 43.4 Å². The Hall–Kier alpha value is -3.88. The van der Waals surface area contributed by atoms with Crippen molar-refractivity contribution >= 4 is 46.4 Å². The number of nitrogens with one attached hydrogen (secondary N) is 5. The van der Waals surface area contributed by atoms with E-state index >= 15 is 0 Å². The van der Waals surface area contributed by atoms with Crippen LogP contribution < -0.4 is 21.7 Å². The highest BCUT2D eigenvalue weighted by Crippen LogP contribution is 2.19. The van der Waals surface area contributed by atoms with Crippen molar-refractivity contribution in [3.8, 4) is 0 Å². The second kappa shape index (κ2) is 14.5. The van der Waals surface area contributed by atoms with Crippen LogP contribution in [0.5, 0.6) is 0 Å². The maximum atomic E-state index is 13.2. The molecule has 0 aliphatic carbocycles. The van der Waals surface area contributed by atoms with Crippen LogP contribution in [0.4, 0.5) is 0 Å². The number of carboxylic acid groups (broad SMARTS) is 1. The summed E-state index contributed by atoms with van der Waals surface area (Å²) < 4.78 is 0. The van der Waals surface area contributed by atoms with Crippen molar-refractivity contribution in [1.82, 2.24) is 30.9 Å². The van der Waals surface area contributed by atoms with E-state index in [9.17, 15) is 29.4 Å². The summed E-state index contributed by atoms with van der Waals surface area (Å²) in [4.78, 5) is 60.5. The lowest BCUT2D eigenvalue weighted by Gasteiger charge is -2.26. The van der Waals surface area contributed by atoms with Crippen LogP contribution in [0.2, 0.25) is 0 Å². The molecule has 0 saturated heterocycles. The monoisotopic (exact) mass is 573 g/mol. The quantitative estimate of drug-likeness (QED) is 0.119. The van der Waals surface area contributed by atoms with Crippen LogP contribution in [0.1, 0.15) is 24.6 Å². The smallest absolute Gasteiger partial charge is 0.326 e. The van der Waals surface area contributed by atoms with Gasteiger partial charge in [-0.3, -0.25) is 14.4 Å². The van der Waals surface area contributed by atoms with E-state index in [1.165, 1.54) is 31.2 Å². The van der Waals surface area contributed by atoms with E-state index in [0.717, 1.165) is 16.5 Å². The molecule has 40 heavy (non-hydrogen) atoms. The number of hydrogen-bond donors (Lipinski definition) is 8. The highest BCUT2D eigenvalue weighted by atomic mass is 32.2. The van der Waals surface area contributed by atoms with Gasteiger partial charge in [-0.1, -0.05) is 18.2 Å². The molecule has 0 radical (unpaired) electrons. The van der Waals surface area contributed by atoms with Crippen LogP contribution in [-0.4, -0.2) is 91.1 Å². The summed E-state index contributed by atoms with van der Waals surface area (Å²) in [6.07, 6.45) is 5.48. The van der Waals surface area contributed by atoms with Gasteiger partial charge in [-0.2, -0.15) is 11.8 Å². The Labute approximate surface area is 235 Å². The Bertz CT molecular complexity index is 1300. The molecular weight excluding hydrogens is 538 g/mol. The predicted molar refractivity (Wildman–Crippen MR) is 150 cm³/mol. The van der Waals surface area contributed by atoms with Crippen molar-refractivity contribution in [3.63, 3.8) is 0 Å². The Balaban J connectivity index is 1.66. The fraction of sp³-hybridized carbons (Fsp3) is 0.423. The largest absolute Gasteiger partial charge is 0.480 e. The SMILES string of the molecule is CSCCC(NC(=O)C(N)Cc1c[nH]c2ccccc12)C(=O)NC(C(=O)NC(Cc1cnc[nH]1)C(=O)O)C(C)O. The summed E-state index contributed by atoms with van der Waals surface area (Å²) in [6, 6.07) is 2.83. The number of nitrogens with zero attached hydrogens (tertiary/aromatic N) is 1. The van der Waals surface area contributed by atoms with Crippen molar-refractivity contribution < 1.29 is 29.4 Å². The average Bonchev–Trinajstić information content (AvgIpc) is 3.58. The predicted octanol–water partition coefficient (Wildman–Crippen LogP) is -0.324. The molecule has 9 N–H and O–H groups in total. The van der Waals surface area contributed by atoms with Gasteiger partial charge in [-0.15, -0.1) is 0 Å². The number of amides is 3. The zero-order chi connectivity index (χ0) is 29.2. The van der Waals surface area contributed by atoms with Gasteiger partial charge in [0.1, 0.15) is 18.1 Å². The molecule has 5 atom stereocenters. The molecule has 3 rings (SSSR count). The zero-order valence-corrected chi connectivity index (χ0v) is 23.0. The van der Waals surface area contributed by atoms with Gasteiger partial charge in [0.15, 0.2) is 0 Å². The summed E-state index contributed by atoms with van der Waals surface area (Å²) >= 11 is 1.46. The normalized spacial score (nSPS) is 15.0. The number of nitrogens with two attached hydrogens (primary N) is 1. The average molecular weight is 574 g/mol. The number of aromatic amines is 2. The molecule has 0 aliphatic heterocycles. The third-order valence-electron chi connectivity index (χ3n) is 6.35. The first-order valence-electron chi connectivity index (χ1n) is 12.7. The van der Waals surface area contributed by atoms with Crippen LogP contribution in [0, 0.1) is 0 Å². The number of aromatic nitrogens is 3. The molecule has 3 amide bonds. The van der Waals surface area contributed by atoms with Gasteiger partial charge >= 0.3 is 5.97 Å². The van der Waals surface area contributed by atoms with Gasteiger partial charge in [0.05, 0.1) is 18.5 Å². The molecule has 3 aromatic rings. The van der Waals surface area contributed by atoms with E-state index in [0.29, 0.717) is 11.4 Å². The van der Waals surface area contributed by atoms with E-state index in [4.69, 9.17) is 5.73 Å². The highest BCUT2D eigenvalue weighted by Gasteiger charge is 2.33. The first-order chi connectivity index (χ1) is 19.1. The number of carbonyl (C=O) groups excluding carboxylic acids is 3. The summed E-state index contributed by atoms with van der Waals surface area (Å²) in [5.74, 6) is -2.92. The first-order valence-corrected chi connectivity index (χ1v) is 14.1. The number of aliphatic carboxylic acids is 1. The lowest BCUT2D eigenvalue weighted by atomic mass is 10.0. The van der Waals surface area contributed by atoms with Gasteiger partial charge in [0.2, 0.25) is 17.7 Å². The molecule has 13 nitrogen and oxygen atoms in total. The molecule has 0 aliphatic rings. The fourth-order valence-corrected chi connectivity index (χ4v) is 4.62. The van der Waals surface area contributed by atoms with Gasteiger partial charge < -0.3 is 41.9 Å². The van der Waals surface area contributed by atoms with Gasteiger partial charge in [0.25, 0.3) is 0 Å². The molecule has 1 aromatic carbocycles. The number of para-hydroxylation sites is 1. The van der Waals surface area contributed by atoms with Crippen molar-refractivity contribution in [2.75, 3.05) is 12.0 Å². The Kier molecular flexibility index (Phi) is 11.1. The topological polar surface area (TPSA) is 215 Å². The number of aliphatic hydroxyl groups excluding tert-OH is 1. The molecule has 2 heterocycles. The van der Waals surface area contributed by atoms with Gasteiger partial charge in [0, 0.05) is 35.4 Å². The zero-order valence-electron chi connectivity index (χ0n) is 22.2. The molecule has 0 saturated carbocycles. The van der Waals surface area contributed by atoms with Crippen LogP contribution in [-0.2, 0) is 32.0 Å². The number of hydrogen-bond acceptors (Lipinski definition) is 8. The second-order valence-corrected chi connectivity index (χ2v) is 10.4. The number of carboxylic acids is 1. The molecule has 216 valence electrons. The molecule has 5 unspecified atom stereocenters. The number of H-pyrrole nitrogens is 2. The van der Waals surface area contributed by atoms with E-state index in [-0.39, 0.29) is 19.3 Å². The number of thioether (sulfide) groups is 1. The molecule has 0 spiro atoms. The minimum absolute atomic E-state index is 0.0811. The van der Waals surface area contributed by atoms with Crippen LogP contribution in [0.15, 0.2) is 43.0 Å². The Morgan fingerprint density at radius 1 is 1.02 bits per heavy atom. The van der Waals surface area contributed by atoms with E-state index in [2.05, 4.69) is 30.9 Å². The third-order valence-corrected chi connectivity index (χ3v) is 7.00.